The van der Waals surface area contributed by atoms with E-state index in [1.54, 1.807) is 0 Å². The SMILES string of the molecule is C/C=C/CCc1ccc2c(F)c(C3CCC(CCC4CCC(CCCCC)CC4)CC3)ccc2c1. The molecule has 0 saturated heterocycles. The summed E-state index contributed by atoms with van der Waals surface area (Å²) in [5.41, 5.74) is 2.27. The molecule has 0 aliphatic heterocycles. The van der Waals surface area contributed by atoms with Crippen LogP contribution in [0.25, 0.3) is 10.8 Å². The Morgan fingerprint density at radius 1 is 0.800 bits per heavy atom. The van der Waals surface area contributed by atoms with E-state index in [2.05, 4.69) is 50.3 Å². The molecule has 2 saturated carbocycles. The molecular formula is C34H49F. The number of fused-ring (bicyclic) bond motifs is 1. The van der Waals surface area contributed by atoms with E-state index in [0.717, 1.165) is 46.9 Å². The van der Waals surface area contributed by atoms with Crippen LogP contribution in [0, 0.1) is 23.6 Å². The van der Waals surface area contributed by atoms with Gasteiger partial charge in [-0.05, 0) is 85.6 Å². The highest BCUT2D eigenvalue weighted by Crippen LogP contribution is 2.41. The summed E-state index contributed by atoms with van der Waals surface area (Å²) in [5.74, 6) is 3.33. The summed E-state index contributed by atoms with van der Waals surface area (Å²) in [6, 6.07) is 10.6. The zero-order chi connectivity index (χ0) is 24.5. The number of halogens is 1. The highest BCUT2D eigenvalue weighted by atomic mass is 19.1. The summed E-state index contributed by atoms with van der Waals surface area (Å²) >= 11 is 0. The molecule has 2 fully saturated rings. The summed E-state index contributed by atoms with van der Waals surface area (Å²) in [6.45, 7) is 4.37. The van der Waals surface area contributed by atoms with E-state index in [1.165, 1.54) is 95.5 Å². The maximum absolute atomic E-state index is 15.5. The second-order valence-electron chi connectivity index (χ2n) is 11.8. The van der Waals surface area contributed by atoms with Crippen LogP contribution in [0.3, 0.4) is 0 Å². The average Bonchev–Trinajstić information content (AvgIpc) is 2.89. The molecule has 0 heterocycles. The lowest BCUT2D eigenvalue weighted by Gasteiger charge is -2.32. The van der Waals surface area contributed by atoms with Crippen molar-refractivity contribution < 1.29 is 4.39 Å². The van der Waals surface area contributed by atoms with Gasteiger partial charge in [0.25, 0.3) is 0 Å². The van der Waals surface area contributed by atoms with E-state index in [4.69, 9.17) is 0 Å². The molecule has 0 amide bonds. The number of aryl methyl sites for hydroxylation is 1. The molecule has 0 radical (unpaired) electrons. The minimum absolute atomic E-state index is 0.0432. The molecule has 0 unspecified atom stereocenters. The van der Waals surface area contributed by atoms with Crippen molar-refractivity contribution in [3.8, 4) is 0 Å². The Kier molecular flexibility index (Phi) is 10.3. The minimum atomic E-state index is 0.0432. The number of hydrogen-bond donors (Lipinski definition) is 0. The van der Waals surface area contributed by atoms with Crippen LogP contribution in [0.4, 0.5) is 4.39 Å². The van der Waals surface area contributed by atoms with E-state index < -0.39 is 0 Å². The van der Waals surface area contributed by atoms with Gasteiger partial charge in [0.05, 0.1) is 0 Å². The van der Waals surface area contributed by atoms with Crippen LogP contribution in [0.1, 0.15) is 127 Å². The minimum Gasteiger partial charge on any atom is -0.206 e. The maximum Gasteiger partial charge on any atom is 0.134 e. The van der Waals surface area contributed by atoms with E-state index in [0.29, 0.717) is 5.92 Å². The fourth-order valence-corrected chi connectivity index (χ4v) is 6.97. The summed E-state index contributed by atoms with van der Waals surface area (Å²) in [5, 5.41) is 1.86. The molecular weight excluding hydrogens is 427 g/mol. The van der Waals surface area contributed by atoms with Crippen molar-refractivity contribution in [3.63, 3.8) is 0 Å². The monoisotopic (exact) mass is 476 g/mol. The number of benzene rings is 2. The fourth-order valence-electron chi connectivity index (χ4n) is 6.97. The predicted octanol–water partition coefficient (Wildman–Crippen LogP) is 10.9. The molecule has 0 N–H and O–H groups in total. The second kappa shape index (κ2) is 13.6. The Morgan fingerprint density at radius 2 is 1.46 bits per heavy atom. The van der Waals surface area contributed by atoms with Gasteiger partial charge in [-0.15, -0.1) is 0 Å². The van der Waals surface area contributed by atoms with Crippen molar-refractivity contribution in [1.29, 1.82) is 0 Å². The van der Waals surface area contributed by atoms with Gasteiger partial charge in [-0.2, -0.15) is 0 Å². The van der Waals surface area contributed by atoms with Gasteiger partial charge < -0.3 is 0 Å². The molecule has 0 spiro atoms. The third-order valence-electron chi connectivity index (χ3n) is 9.34. The number of hydrogen-bond acceptors (Lipinski definition) is 0. The lowest BCUT2D eigenvalue weighted by Crippen LogP contribution is -2.18. The Labute approximate surface area is 214 Å². The van der Waals surface area contributed by atoms with Crippen LogP contribution >= 0.6 is 0 Å². The average molecular weight is 477 g/mol. The summed E-state index contributed by atoms with van der Waals surface area (Å²) < 4.78 is 15.5. The molecule has 192 valence electrons. The molecule has 0 nitrogen and oxygen atoms in total. The standard InChI is InChI=1S/C34H49F/c1-3-5-7-9-26-11-13-27(14-12-26)15-16-28-17-20-30(21-18-28)32-24-22-31-25-29(10-8-6-4-2)19-23-33(31)34(32)35/h4,6,19,22-28,30H,3,5,7-18,20-21H2,1-2H3/b6-4+. The van der Waals surface area contributed by atoms with Crippen molar-refractivity contribution in [1.82, 2.24) is 0 Å². The fraction of sp³-hybridized carbons (Fsp3) is 0.647. The number of allylic oxidation sites excluding steroid dienone is 2. The summed E-state index contributed by atoms with van der Waals surface area (Å²) in [6.07, 6.45) is 25.8. The lowest BCUT2D eigenvalue weighted by atomic mass is 9.73. The quantitative estimate of drug-likeness (QED) is 0.223. The molecule has 2 aliphatic carbocycles. The first-order valence-electron chi connectivity index (χ1n) is 15.0. The van der Waals surface area contributed by atoms with Crippen molar-refractivity contribution in [2.24, 2.45) is 17.8 Å². The molecule has 35 heavy (non-hydrogen) atoms. The van der Waals surface area contributed by atoms with Crippen LogP contribution in [-0.2, 0) is 6.42 Å². The molecule has 2 aliphatic rings. The van der Waals surface area contributed by atoms with Gasteiger partial charge in [-0.1, -0.05) is 114 Å². The molecule has 0 bridgehead atoms. The Hall–Kier alpha value is -1.63. The molecule has 1 heteroatoms. The summed E-state index contributed by atoms with van der Waals surface area (Å²) in [7, 11) is 0. The van der Waals surface area contributed by atoms with E-state index >= 15 is 4.39 Å². The molecule has 4 rings (SSSR count). The Bertz CT molecular complexity index is 925. The number of unbranched alkanes of at least 4 members (excludes halogenated alkanes) is 2. The zero-order valence-corrected chi connectivity index (χ0v) is 22.5. The van der Waals surface area contributed by atoms with Crippen molar-refractivity contribution in [2.75, 3.05) is 0 Å². The van der Waals surface area contributed by atoms with Crippen LogP contribution in [-0.4, -0.2) is 0 Å². The summed E-state index contributed by atoms with van der Waals surface area (Å²) in [4.78, 5) is 0. The molecule has 2 aromatic carbocycles. The maximum atomic E-state index is 15.5. The molecule has 0 aromatic heterocycles. The lowest BCUT2D eigenvalue weighted by molar-refractivity contribution is 0.222. The van der Waals surface area contributed by atoms with Gasteiger partial charge in [0.2, 0.25) is 0 Å². The highest BCUT2D eigenvalue weighted by Gasteiger charge is 2.27. The molecule has 2 aromatic rings. The van der Waals surface area contributed by atoms with E-state index in [-0.39, 0.29) is 5.82 Å². The van der Waals surface area contributed by atoms with Gasteiger partial charge in [0.15, 0.2) is 0 Å². The van der Waals surface area contributed by atoms with Crippen molar-refractivity contribution >= 4 is 10.8 Å². The van der Waals surface area contributed by atoms with E-state index in [9.17, 15) is 0 Å². The first-order chi connectivity index (χ1) is 17.2. The zero-order valence-electron chi connectivity index (χ0n) is 22.5. The van der Waals surface area contributed by atoms with Crippen LogP contribution in [0.5, 0.6) is 0 Å². The third-order valence-corrected chi connectivity index (χ3v) is 9.34. The Morgan fingerprint density at radius 3 is 2.11 bits per heavy atom. The van der Waals surface area contributed by atoms with Gasteiger partial charge in [0, 0.05) is 5.39 Å². The first-order valence-corrected chi connectivity index (χ1v) is 15.0. The molecule has 0 atom stereocenters. The van der Waals surface area contributed by atoms with Crippen LogP contribution in [0.15, 0.2) is 42.5 Å². The number of rotatable bonds is 11. The van der Waals surface area contributed by atoms with Crippen molar-refractivity contribution in [2.45, 2.75) is 122 Å². The predicted molar refractivity (Wildman–Crippen MR) is 151 cm³/mol. The topological polar surface area (TPSA) is 0 Å². The normalized spacial score (nSPS) is 25.5. The largest absolute Gasteiger partial charge is 0.206 e. The third kappa shape index (κ3) is 7.43. The van der Waals surface area contributed by atoms with Crippen molar-refractivity contribution in [3.05, 3.63) is 59.4 Å². The van der Waals surface area contributed by atoms with Gasteiger partial charge in [-0.3, -0.25) is 0 Å². The highest BCUT2D eigenvalue weighted by molar-refractivity contribution is 5.84. The Balaban J connectivity index is 1.23. The first kappa shape index (κ1) is 26.4. The van der Waals surface area contributed by atoms with E-state index in [1.807, 2.05) is 6.07 Å². The van der Waals surface area contributed by atoms with Gasteiger partial charge in [-0.25, -0.2) is 4.39 Å². The van der Waals surface area contributed by atoms with Crippen LogP contribution < -0.4 is 0 Å². The smallest absolute Gasteiger partial charge is 0.134 e. The van der Waals surface area contributed by atoms with Crippen LogP contribution in [0.2, 0.25) is 0 Å². The van der Waals surface area contributed by atoms with Gasteiger partial charge in [0.1, 0.15) is 5.82 Å². The van der Waals surface area contributed by atoms with Gasteiger partial charge >= 0.3 is 0 Å². The second-order valence-corrected chi connectivity index (χ2v) is 11.8.